The predicted octanol–water partition coefficient (Wildman–Crippen LogP) is 4.57. The number of hydrogen-bond acceptors (Lipinski definition) is 6. The molecule has 0 saturated carbocycles. The number of fused-ring (bicyclic) bond motifs is 2. The van der Waals surface area contributed by atoms with Crippen LogP contribution in [0.4, 0.5) is 8.78 Å². The molecule has 4 heterocycles. The maximum Gasteiger partial charge on any atom is 0.260 e. The van der Waals surface area contributed by atoms with E-state index in [2.05, 4.69) is 10.1 Å². The highest BCUT2D eigenvalue weighted by Gasteiger charge is 2.34. The van der Waals surface area contributed by atoms with Crippen LogP contribution < -0.4 is 10.1 Å². The Morgan fingerprint density at radius 1 is 1.21 bits per heavy atom. The molecule has 1 aromatic carbocycles. The van der Waals surface area contributed by atoms with Gasteiger partial charge in [0, 0.05) is 30.7 Å². The van der Waals surface area contributed by atoms with Crippen LogP contribution in [-0.2, 0) is 0 Å². The highest BCUT2D eigenvalue weighted by atomic mass is 35.5. The Labute approximate surface area is 194 Å². The molecule has 1 N–H and O–H groups in total. The maximum absolute atomic E-state index is 13.5. The molecular formula is C23H23ClF2N4O3. The third-order valence-electron chi connectivity index (χ3n) is 5.64. The molecule has 0 radical (unpaired) electrons. The van der Waals surface area contributed by atoms with E-state index in [0.29, 0.717) is 53.0 Å². The van der Waals surface area contributed by atoms with Crippen LogP contribution in [0.2, 0.25) is 0 Å². The summed E-state index contributed by atoms with van der Waals surface area (Å²) in [6.45, 7) is 1.12. The lowest BCUT2D eigenvalue weighted by atomic mass is 10.1. The van der Waals surface area contributed by atoms with E-state index >= 15 is 0 Å². The first-order valence-electron chi connectivity index (χ1n) is 10.4. The second-order valence-electron chi connectivity index (χ2n) is 7.95. The van der Waals surface area contributed by atoms with Crippen LogP contribution in [0.5, 0.6) is 5.75 Å². The molecule has 0 bridgehead atoms. The Hall–Kier alpha value is -3.17. The Kier molecular flexibility index (Phi) is 6.53. The minimum Gasteiger partial charge on any atom is -0.492 e. The van der Waals surface area contributed by atoms with Crippen LogP contribution >= 0.6 is 12.4 Å². The van der Waals surface area contributed by atoms with Gasteiger partial charge in [-0.1, -0.05) is 5.16 Å². The van der Waals surface area contributed by atoms with Crippen molar-refractivity contribution in [1.82, 2.24) is 14.3 Å². The minimum absolute atomic E-state index is 0. The zero-order valence-corrected chi connectivity index (χ0v) is 18.5. The first kappa shape index (κ1) is 23.0. The zero-order chi connectivity index (χ0) is 22.1. The summed E-state index contributed by atoms with van der Waals surface area (Å²) in [5.74, 6) is -1.62. The Balaban J connectivity index is 0.00000259. The summed E-state index contributed by atoms with van der Waals surface area (Å²) in [6, 6.07) is 12.6. The van der Waals surface area contributed by atoms with Gasteiger partial charge in [0.25, 0.3) is 5.92 Å². The van der Waals surface area contributed by atoms with Crippen LogP contribution in [0, 0.1) is 0 Å². The number of alkyl halides is 2. The molecule has 5 rings (SSSR count). The van der Waals surface area contributed by atoms with Gasteiger partial charge < -0.3 is 18.8 Å². The van der Waals surface area contributed by atoms with Crippen molar-refractivity contribution in [2.45, 2.75) is 18.8 Å². The second-order valence-corrected chi connectivity index (χ2v) is 7.95. The summed E-state index contributed by atoms with van der Waals surface area (Å²) in [5.41, 5.74) is 2.08. The average molecular weight is 477 g/mol. The lowest BCUT2D eigenvalue weighted by Gasteiger charge is -2.32. The van der Waals surface area contributed by atoms with Crippen LogP contribution in [0.3, 0.4) is 0 Å². The lowest BCUT2D eigenvalue weighted by Crippen LogP contribution is -2.44. The largest absolute Gasteiger partial charge is 0.492 e. The number of aromatic nitrogens is 2. The number of nitrogens with zero attached hydrogens (tertiary/aromatic N) is 4. The van der Waals surface area contributed by atoms with Gasteiger partial charge in [-0.3, -0.25) is 4.90 Å². The number of benzene rings is 1. The predicted molar refractivity (Wildman–Crippen MR) is 121 cm³/mol. The molecular weight excluding hydrogens is 454 g/mol. The third kappa shape index (κ3) is 4.94. The number of halogens is 3. The van der Waals surface area contributed by atoms with Gasteiger partial charge in [-0.15, -0.1) is 12.4 Å². The van der Waals surface area contributed by atoms with E-state index in [9.17, 15) is 14.0 Å². The van der Waals surface area contributed by atoms with Gasteiger partial charge >= 0.3 is 0 Å². The van der Waals surface area contributed by atoms with Crippen molar-refractivity contribution >= 4 is 28.9 Å². The monoisotopic (exact) mass is 476 g/mol. The molecule has 1 aliphatic rings. The fourth-order valence-corrected chi connectivity index (χ4v) is 4.05. The number of piperidine rings is 1. The van der Waals surface area contributed by atoms with Crippen LogP contribution in [0.25, 0.3) is 27.9 Å². The molecule has 0 aliphatic carbocycles. The molecule has 3 aromatic heterocycles. The topological polar surface area (TPSA) is 75.5 Å². The lowest BCUT2D eigenvalue weighted by molar-refractivity contribution is -0.0656. The molecule has 0 unspecified atom stereocenters. The first-order valence-corrected chi connectivity index (χ1v) is 10.4. The molecule has 174 valence electrons. The molecule has 7 nitrogen and oxygen atoms in total. The fraction of sp³-hybridized carbons (Fsp3) is 0.304. The van der Waals surface area contributed by atoms with Crippen molar-refractivity contribution in [3.63, 3.8) is 0 Å². The summed E-state index contributed by atoms with van der Waals surface area (Å²) >= 11 is 0. The van der Waals surface area contributed by atoms with E-state index < -0.39 is 5.92 Å². The van der Waals surface area contributed by atoms with Crippen molar-refractivity contribution in [3.05, 3.63) is 60.3 Å². The highest BCUT2D eigenvalue weighted by Crippen LogP contribution is 2.27. The highest BCUT2D eigenvalue weighted by molar-refractivity contribution is 5.85. The first-order chi connectivity index (χ1) is 15.5. The van der Waals surface area contributed by atoms with Gasteiger partial charge in [-0.25, -0.2) is 13.8 Å². The van der Waals surface area contributed by atoms with Crippen molar-refractivity contribution in [2.24, 2.45) is 5.16 Å². The number of ether oxygens (including phenoxy) is 1. The van der Waals surface area contributed by atoms with E-state index in [1.54, 1.807) is 35.5 Å². The van der Waals surface area contributed by atoms with Crippen molar-refractivity contribution < 1.29 is 23.1 Å². The summed E-state index contributed by atoms with van der Waals surface area (Å²) in [6.07, 6.45) is 4.02. The molecule has 10 heteroatoms. The van der Waals surface area contributed by atoms with Gasteiger partial charge in [0.05, 0.1) is 18.3 Å². The molecule has 1 fully saturated rings. The number of hydrogen-bond donors (Lipinski definition) is 1. The maximum atomic E-state index is 13.5. The van der Waals surface area contributed by atoms with Gasteiger partial charge in [0.2, 0.25) is 0 Å². The van der Waals surface area contributed by atoms with Crippen LogP contribution in [-0.4, -0.2) is 51.7 Å². The Morgan fingerprint density at radius 2 is 2.09 bits per heavy atom. The van der Waals surface area contributed by atoms with E-state index in [4.69, 9.17) is 9.15 Å². The van der Waals surface area contributed by atoms with Crippen molar-refractivity contribution in [1.29, 1.82) is 0 Å². The van der Waals surface area contributed by atoms with Crippen LogP contribution in [0.1, 0.15) is 12.8 Å². The summed E-state index contributed by atoms with van der Waals surface area (Å²) in [4.78, 5) is 6.13. The summed E-state index contributed by atoms with van der Waals surface area (Å²) < 4.78 is 40.8. The number of likely N-dealkylation sites (tertiary alicyclic amines) is 1. The van der Waals surface area contributed by atoms with E-state index in [1.165, 1.54) is 0 Å². The average Bonchev–Trinajstić information content (AvgIpc) is 3.25. The second kappa shape index (κ2) is 9.36. The van der Waals surface area contributed by atoms with Gasteiger partial charge in [0.1, 0.15) is 29.0 Å². The summed E-state index contributed by atoms with van der Waals surface area (Å²) in [5, 5.41) is 13.9. The van der Waals surface area contributed by atoms with Crippen molar-refractivity contribution in [3.8, 4) is 17.2 Å². The van der Waals surface area contributed by atoms with E-state index in [1.807, 2.05) is 28.8 Å². The van der Waals surface area contributed by atoms with E-state index in [-0.39, 0.29) is 32.0 Å². The Morgan fingerprint density at radius 3 is 2.91 bits per heavy atom. The fourth-order valence-electron chi connectivity index (χ4n) is 4.05. The van der Waals surface area contributed by atoms with Gasteiger partial charge in [-0.05, 0) is 49.4 Å². The standard InChI is InChI=1S/C23H22F2N4O3.ClH/c24-23(25)6-2-7-28(14-23)9-10-31-17-4-5-21-18(12-17)19(27-30)13-22(32-21)20-11-16-3-1-8-29(16)15-26-20;/h1,3-5,8,11-13,15,30H,2,6-7,9-10,14H2;1H/b27-19-;. The van der Waals surface area contributed by atoms with E-state index in [0.717, 1.165) is 5.52 Å². The normalized spacial score (nSPS) is 16.7. The molecule has 0 amide bonds. The van der Waals surface area contributed by atoms with Crippen molar-refractivity contribution in [2.75, 3.05) is 26.2 Å². The Bertz CT molecular complexity index is 1340. The quantitative estimate of drug-likeness (QED) is 0.337. The summed E-state index contributed by atoms with van der Waals surface area (Å²) in [7, 11) is 0. The SMILES string of the molecule is Cl.O/N=c1/cc(-c2cc3cccn3cn2)oc2ccc(OCCN3CCCC(F)(F)C3)cc12. The molecule has 1 saturated heterocycles. The molecule has 4 aromatic rings. The molecule has 1 aliphatic heterocycles. The smallest absolute Gasteiger partial charge is 0.260 e. The molecule has 0 spiro atoms. The third-order valence-corrected chi connectivity index (χ3v) is 5.64. The zero-order valence-electron chi connectivity index (χ0n) is 17.7. The van der Waals surface area contributed by atoms with Gasteiger partial charge in [0.15, 0.2) is 5.76 Å². The number of rotatable bonds is 5. The minimum atomic E-state index is -2.63. The van der Waals surface area contributed by atoms with Gasteiger partial charge in [-0.2, -0.15) is 0 Å². The molecule has 0 atom stereocenters. The van der Waals surface area contributed by atoms with Crippen LogP contribution in [0.15, 0.2) is 64.6 Å². The molecule has 33 heavy (non-hydrogen) atoms.